The van der Waals surface area contributed by atoms with Crippen molar-refractivity contribution in [3.05, 3.63) is 0 Å². The molecule has 0 bridgehead atoms. The van der Waals surface area contributed by atoms with E-state index in [2.05, 4.69) is 0 Å². The van der Waals surface area contributed by atoms with E-state index in [1.165, 1.54) is 0 Å². The third-order valence-electron chi connectivity index (χ3n) is 4.56. The van der Waals surface area contributed by atoms with Gasteiger partial charge < -0.3 is 15.7 Å². The number of hydrogen-bond donors (Lipinski definition) is 2. The second-order valence-corrected chi connectivity index (χ2v) is 6.21. The molecule has 1 unspecified atom stereocenters. The van der Waals surface area contributed by atoms with Gasteiger partial charge in [0.05, 0.1) is 11.0 Å². The number of likely N-dealkylation sites (tertiary alicyclic amines) is 1. The predicted octanol–water partition coefficient (Wildman–Crippen LogP) is 0.827. The number of nitrogens with two attached hydrogens (primary N) is 1. The Kier molecular flexibility index (Phi) is 3.13. The number of amides is 1. The molecule has 0 aromatic carbocycles. The van der Waals surface area contributed by atoms with Gasteiger partial charge in [0, 0.05) is 13.1 Å². The van der Waals surface area contributed by atoms with E-state index in [9.17, 15) is 9.59 Å². The first kappa shape index (κ1) is 13.3. The molecule has 0 aromatic heterocycles. The Bertz CT molecular complexity index is 366. The molecule has 5 nitrogen and oxygen atoms in total. The summed E-state index contributed by atoms with van der Waals surface area (Å²) in [5, 5.41) is 9.15. The fourth-order valence-electron chi connectivity index (χ4n) is 2.62. The number of aliphatic carboxylic acids is 1. The quantitative estimate of drug-likeness (QED) is 0.781. The molecule has 5 heteroatoms. The average Bonchev–Trinajstić information content (AvgIpc) is 3.13. The first-order chi connectivity index (χ1) is 8.27. The monoisotopic (exact) mass is 254 g/mol. The highest BCUT2D eigenvalue weighted by atomic mass is 16.4. The van der Waals surface area contributed by atoms with Gasteiger partial charge in [0.2, 0.25) is 5.91 Å². The molecule has 1 amide bonds. The molecule has 2 fully saturated rings. The minimum absolute atomic E-state index is 0.0163. The Morgan fingerprint density at radius 1 is 1.33 bits per heavy atom. The summed E-state index contributed by atoms with van der Waals surface area (Å²) in [5.74, 6) is -0.484. The van der Waals surface area contributed by atoms with Crippen LogP contribution < -0.4 is 5.73 Å². The second kappa shape index (κ2) is 4.23. The maximum Gasteiger partial charge on any atom is 0.309 e. The lowest BCUT2D eigenvalue weighted by molar-refractivity contribution is -0.154. The van der Waals surface area contributed by atoms with Gasteiger partial charge in [0.1, 0.15) is 0 Å². The summed E-state index contributed by atoms with van der Waals surface area (Å²) in [6.45, 7) is 4.56. The van der Waals surface area contributed by atoms with Crippen LogP contribution in [0.3, 0.4) is 0 Å². The van der Waals surface area contributed by atoms with Crippen LogP contribution in [0.25, 0.3) is 0 Å². The van der Waals surface area contributed by atoms with Crippen LogP contribution in [0.15, 0.2) is 0 Å². The van der Waals surface area contributed by atoms with Gasteiger partial charge in [-0.3, -0.25) is 9.59 Å². The van der Waals surface area contributed by atoms with E-state index in [1.807, 2.05) is 0 Å². The summed E-state index contributed by atoms with van der Waals surface area (Å²) in [5.41, 5.74) is 4.66. The van der Waals surface area contributed by atoms with Crippen molar-refractivity contribution in [1.29, 1.82) is 0 Å². The highest BCUT2D eigenvalue weighted by Gasteiger charge is 2.47. The van der Waals surface area contributed by atoms with Gasteiger partial charge in [-0.2, -0.15) is 0 Å². The summed E-state index contributed by atoms with van der Waals surface area (Å²) in [6.07, 6.45) is 3.07. The van der Waals surface area contributed by atoms with Gasteiger partial charge in [-0.1, -0.05) is 0 Å². The number of piperidine rings is 1. The van der Waals surface area contributed by atoms with Crippen molar-refractivity contribution in [3.8, 4) is 0 Å². The number of carbonyl (C=O) groups is 2. The summed E-state index contributed by atoms with van der Waals surface area (Å²) in [6, 6.07) is 0. The molecule has 0 radical (unpaired) electrons. The van der Waals surface area contributed by atoms with Crippen LogP contribution >= 0.6 is 0 Å². The summed E-state index contributed by atoms with van der Waals surface area (Å²) < 4.78 is 0. The molecule has 1 aliphatic carbocycles. The minimum atomic E-state index is -0.771. The zero-order chi connectivity index (χ0) is 13.6. The number of carboxylic acid groups (broad SMARTS) is 1. The van der Waals surface area contributed by atoms with Gasteiger partial charge in [0.15, 0.2) is 0 Å². The van der Waals surface area contributed by atoms with Crippen LogP contribution in [-0.2, 0) is 9.59 Å². The molecule has 2 aliphatic rings. The fraction of sp³-hybridized carbons (Fsp3) is 0.846. The van der Waals surface area contributed by atoms with Crippen LogP contribution in [-0.4, -0.2) is 40.5 Å². The van der Waals surface area contributed by atoms with E-state index in [0.717, 1.165) is 12.8 Å². The van der Waals surface area contributed by atoms with Gasteiger partial charge >= 0.3 is 5.97 Å². The average molecular weight is 254 g/mol. The molecular formula is C13H22N2O3. The predicted molar refractivity (Wildman–Crippen MR) is 66.9 cm³/mol. The smallest absolute Gasteiger partial charge is 0.309 e. The van der Waals surface area contributed by atoms with Gasteiger partial charge in [-0.25, -0.2) is 0 Å². The van der Waals surface area contributed by atoms with E-state index in [0.29, 0.717) is 31.8 Å². The molecule has 1 atom stereocenters. The van der Waals surface area contributed by atoms with Crippen LogP contribution in [0.1, 0.15) is 39.5 Å². The van der Waals surface area contributed by atoms with Crippen molar-refractivity contribution in [1.82, 2.24) is 4.90 Å². The van der Waals surface area contributed by atoms with E-state index in [-0.39, 0.29) is 5.91 Å². The van der Waals surface area contributed by atoms with Gasteiger partial charge in [0.25, 0.3) is 0 Å². The number of carbonyl (C=O) groups excluding carboxylic acids is 1. The van der Waals surface area contributed by atoms with E-state index in [4.69, 9.17) is 10.8 Å². The number of hydrogen-bond acceptors (Lipinski definition) is 3. The Labute approximate surface area is 107 Å². The van der Waals surface area contributed by atoms with Crippen molar-refractivity contribution in [2.45, 2.75) is 45.1 Å². The Morgan fingerprint density at radius 2 is 1.83 bits per heavy atom. The molecular weight excluding hydrogens is 232 g/mol. The molecule has 0 aromatic rings. The molecule has 1 saturated carbocycles. The van der Waals surface area contributed by atoms with Crippen LogP contribution in [0.4, 0.5) is 0 Å². The summed E-state index contributed by atoms with van der Waals surface area (Å²) >= 11 is 0. The third-order valence-corrected chi connectivity index (χ3v) is 4.56. The second-order valence-electron chi connectivity index (χ2n) is 6.21. The van der Waals surface area contributed by atoms with Crippen LogP contribution in [0.2, 0.25) is 0 Å². The Hall–Kier alpha value is -1.10. The van der Waals surface area contributed by atoms with Crippen molar-refractivity contribution in [3.63, 3.8) is 0 Å². The first-order valence-electron chi connectivity index (χ1n) is 6.59. The van der Waals surface area contributed by atoms with Crippen LogP contribution in [0, 0.1) is 11.3 Å². The highest BCUT2D eigenvalue weighted by Crippen LogP contribution is 2.40. The minimum Gasteiger partial charge on any atom is -0.481 e. The molecule has 1 heterocycles. The maximum atomic E-state index is 12.3. The molecule has 1 aliphatic heterocycles. The van der Waals surface area contributed by atoms with E-state index < -0.39 is 16.9 Å². The molecule has 3 N–H and O–H groups in total. The molecule has 1 saturated heterocycles. The largest absolute Gasteiger partial charge is 0.481 e. The standard InChI is InChI=1S/C13H22N2O3/c1-12(11(17)18)5-7-15(8-6-12)10(16)13(2,14)9-3-4-9/h9H,3-8,14H2,1-2H3,(H,17,18). The van der Waals surface area contributed by atoms with Crippen molar-refractivity contribution >= 4 is 11.9 Å². The summed E-state index contributed by atoms with van der Waals surface area (Å²) in [7, 11) is 0. The Balaban J connectivity index is 1.97. The SMILES string of the molecule is CC1(C(=O)O)CCN(C(=O)C(C)(N)C2CC2)CC1. The lowest BCUT2D eigenvalue weighted by Crippen LogP contribution is -2.57. The number of nitrogens with zero attached hydrogens (tertiary/aromatic N) is 1. The Morgan fingerprint density at radius 3 is 2.22 bits per heavy atom. The molecule has 18 heavy (non-hydrogen) atoms. The van der Waals surface area contributed by atoms with Crippen molar-refractivity contribution in [2.24, 2.45) is 17.1 Å². The highest BCUT2D eigenvalue weighted by molar-refractivity contribution is 5.87. The topological polar surface area (TPSA) is 83.6 Å². The van der Waals surface area contributed by atoms with Crippen molar-refractivity contribution in [2.75, 3.05) is 13.1 Å². The first-order valence-corrected chi connectivity index (χ1v) is 6.59. The molecule has 102 valence electrons. The third kappa shape index (κ3) is 2.23. The lowest BCUT2D eigenvalue weighted by atomic mass is 9.80. The number of rotatable bonds is 3. The summed E-state index contributed by atoms with van der Waals surface area (Å²) in [4.78, 5) is 25.2. The maximum absolute atomic E-state index is 12.3. The lowest BCUT2D eigenvalue weighted by Gasteiger charge is -2.39. The van der Waals surface area contributed by atoms with E-state index in [1.54, 1.807) is 18.7 Å². The fourth-order valence-corrected chi connectivity index (χ4v) is 2.62. The van der Waals surface area contributed by atoms with Gasteiger partial charge in [-0.15, -0.1) is 0 Å². The zero-order valence-electron chi connectivity index (χ0n) is 11.1. The number of carboxylic acids is 1. The van der Waals surface area contributed by atoms with Crippen LogP contribution in [0.5, 0.6) is 0 Å². The van der Waals surface area contributed by atoms with Gasteiger partial charge in [-0.05, 0) is 45.4 Å². The normalized spacial score (nSPS) is 26.5. The van der Waals surface area contributed by atoms with E-state index >= 15 is 0 Å². The van der Waals surface area contributed by atoms with Crippen molar-refractivity contribution < 1.29 is 14.7 Å². The zero-order valence-corrected chi connectivity index (χ0v) is 11.1. The molecule has 2 rings (SSSR count). The molecule has 0 spiro atoms.